The van der Waals surface area contributed by atoms with Crippen molar-refractivity contribution in [3.63, 3.8) is 0 Å². The summed E-state index contributed by atoms with van der Waals surface area (Å²) in [6.07, 6.45) is 54.1. The number of nitrogens with one attached hydrogen (secondary N) is 1. The maximum Gasteiger partial charge on any atom is 0.306 e. The van der Waals surface area contributed by atoms with Crippen LogP contribution in [0.3, 0.4) is 0 Å². The lowest BCUT2D eigenvalue weighted by atomic mass is 9.99. The third-order valence-electron chi connectivity index (χ3n) is 16.4. The van der Waals surface area contributed by atoms with Crippen LogP contribution in [0.15, 0.2) is 12.2 Å². The van der Waals surface area contributed by atoms with Crippen LogP contribution in [-0.4, -0.2) is 99.6 Å². The van der Waals surface area contributed by atoms with Crippen molar-refractivity contribution in [1.29, 1.82) is 0 Å². The molecule has 0 aromatic carbocycles. The number of rotatable bonds is 59. The number of unbranched alkanes of at least 4 members (excludes halogenated alkanes) is 45. The molecule has 0 aromatic rings. The fraction of sp³-hybridized carbons (Fsp3) is 0.940. The van der Waals surface area contributed by atoms with E-state index in [0.29, 0.717) is 19.3 Å². The number of esters is 1. The molecule has 1 amide bonds. The lowest BCUT2D eigenvalue weighted by molar-refractivity contribution is -0.305. The third-order valence-corrected chi connectivity index (χ3v) is 16.4. The molecule has 8 atom stereocenters. The van der Waals surface area contributed by atoms with Gasteiger partial charge in [0.2, 0.25) is 5.91 Å². The van der Waals surface area contributed by atoms with Crippen molar-refractivity contribution >= 4 is 11.9 Å². The van der Waals surface area contributed by atoms with E-state index in [1.807, 2.05) is 6.08 Å². The van der Waals surface area contributed by atoms with E-state index in [-0.39, 0.29) is 13.0 Å². The number of ether oxygens (including phenoxy) is 3. The van der Waals surface area contributed by atoms with Crippen LogP contribution >= 0.6 is 0 Å². The lowest BCUT2D eigenvalue weighted by Crippen LogP contribution is -2.61. The minimum Gasteiger partial charge on any atom is -0.454 e. The van der Waals surface area contributed by atoms with Crippen LogP contribution in [0, 0.1) is 0 Å². The molecule has 1 aliphatic heterocycles. The summed E-state index contributed by atoms with van der Waals surface area (Å²) in [5.74, 6) is -1.17. The van der Waals surface area contributed by atoms with Gasteiger partial charge in [-0.05, 0) is 25.7 Å². The zero-order valence-electron chi connectivity index (χ0n) is 51.3. The van der Waals surface area contributed by atoms with Gasteiger partial charge >= 0.3 is 5.97 Å². The van der Waals surface area contributed by atoms with Crippen LogP contribution in [0.1, 0.15) is 342 Å². The van der Waals surface area contributed by atoms with Crippen LogP contribution in [-0.2, 0) is 23.8 Å². The zero-order valence-corrected chi connectivity index (χ0v) is 51.3. The van der Waals surface area contributed by atoms with E-state index in [9.17, 15) is 35.1 Å². The van der Waals surface area contributed by atoms with E-state index >= 15 is 0 Å². The van der Waals surface area contributed by atoms with E-state index in [1.165, 1.54) is 238 Å². The minimum atomic E-state index is -1.61. The van der Waals surface area contributed by atoms with Crippen LogP contribution in [0.25, 0.3) is 0 Å². The van der Waals surface area contributed by atoms with Crippen molar-refractivity contribution < 1.29 is 49.3 Å². The van der Waals surface area contributed by atoms with E-state index in [4.69, 9.17) is 14.2 Å². The smallest absolute Gasteiger partial charge is 0.306 e. The van der Waals surface area contributed by atoms with Gasteiger partial charge < -0.3 is 45.1 Å². The fourth-order valence-corrected chi connectivity index (χ4v) is 11.1. The Balaban J connectivity index is 2.55. The monoisotopic (exact) mass is 1110 g/mol. The predicted octanol–water partition coefficient (Wildman–Crippen LogP) is 16.7. The molecule has 8 unspecified atom stereocenters. The van der Waals surface area contributed by atoms with Gasteiger partial charge in [0.05, 0.1) is 25.4 Å². The summed E-state index contributed by atoms with van der Waals surface area (Å²) in [7, 11) is 0. The van der Waals surface area contributed by atoms with Gasteiger partial charge in [0.15, 0.2) is 12.4 Å². The van der Waals surface area contributed by atoms with Gasteiger partial charge in [-0.15, -0.1) is 0 Å². The zero-order chi connectivity index (χ0) is 56.8. The molecule has 1 fully saturated rings. The summed E-state index contributed by atoms with van der Waals surface area (Å²) in [5.41, 5.74) is 0. The molecular formula is C67H129NO10. The van der Waals surface area contributed by atoms with Crippen molar-refractivity contribution in [1.82, 2.24) is 5.32 Å². The highest BCUT2D eigenvalue weighted by molar-refractivity contribution is 5.80. The number of hydrogen-bond donors (Lipinski definition) is 6. The molecule has 0 aromatic heterocycles. The second-order valence-electron chi connectivity index (χ2n) is 23.9. The standard InChI is InChI=1S/C67H129NO10/c1-4-7-10-13-16-19-22-24-26-27-28-29-30-31-32-33-34-35-36-39-42-45-48-51-54-60(71)66(75)68-58(59(70)53-50-47-44-41-38-21-18-15-12-9-6-3)57-76-67-65(64(74)63(73)61(56-69)77-67)78-62(72)55-52-49-46-43-40-37-25-23-20-17-14-11-8-5-2/h50,53,58-61,63-65,67,69-71,73-74H,4-49,51-52,54-57H2,1-3H3,(H,68,75)/b53-50+. The molecule has 0 spiro atoms. The molecule has 11 heteroatoms. The van der Waals surface area contributed by atoms with Gasteiger partial charge in [-0.1, -0.05) is 322 Å². The second kappa shape index (κ2) is 55.9. The SMILES string of the molecule is CCCCCCCCCCC/C=C/C(O)C(COC1OC(CO)C(O)C(O)C1OC(=O)CCCCCCCCCCCCCCCC)NC(=O)C(O)CCCCCCCCCCCCCCCCCCCCCCCCCC. The first-order valence-corrected chi connectivity index (χ1v) is 34.0. The Kier molecular flexibility index (Phi) is 53.3. The summed E-state index contributed by atoms with van der Waals surface area (Å²) in [6, 6.07) is -1.02. The first kappa shape index (κ1) is 74.4. The Morgan fingerprint density at radius 2 is 0.833 bits per heavy atom. The number of allylic oxidation sites excluding steroid dienone is 1. The van der Waals surface area contributed by atoms with Crippen LogP contribution in [0.2, 0.25) is 0 Å². The molecule has 1 aliphatic rings. The Morgan fingerprint density at radius 1 is 0.487 bits per heavy atom. The Morgan fingerprint density at radius 3 is 1.21 bits per heavy atom. The molecule has 462 valence electrons. The van der Waals surface area contributed by atoms with E-state index in [0.717, 1.165) is 57.8 Å². The first-order valence-electron chi connectivity index (χ1n) is 34.0. The highest BCUT2D eigenvalue weighted by Crippen LogP contribution is 2.26. The molecule has 0 aliphatic carbocycles. The molecule has 1 saturated heterocycles. The number of aliphatic hydroxyl groups is 5. The maximum absolute atomic E-state index is 13.4. The summed E-state index contributed by atoms with van der Waals surface area (Å²) < 4.78 is 17.6. The molecule has 0 saturated carbocycles. The summed E-state index contributed by atoms with van der Waals surface area (Å²) >= 11 is 0. The fourth-order valence-electron chi connectivity index (χ4n) is 11.1. The number of aliphatic hydroxyl groups excluding tert-OH is 5. The van der Waals surface area contributed by atoms with E-state index in [2.05, 4.69) is 26.1 Å². The topological polar surface area (TPSA) is 175 Å². The molecule has 11 nitrogen and oxygen atoms in total. The van der Waals surface area contributed by atoms with Gasteiger partial charge in [-0.25, -0.2) is 0 Å². The molecule has 0 bridgehead atoms. The molecule has 6 N–H and O–H groups in total. The van der Waals surface area contributed by atoms with Crippen LogP contribution < -0.4 is 5.32 Å². The van der Waals surface area contributed by atoms with Gasteiger partial charge in [0.25, 0.3) is 0 Å². The Labute approximate surface area is 480 Å². The average molecular weight is 1110 g/mol. The Hall–Kier alpha value is -1.60. The normalized spacial score (nSPS) is 18.9. The molecule has 1 heterocycles. The van der Waals surface area contributed by atoms with Crippen molar-refractivity contribution in [3.05, 3.63) is 12.2 Å². The van der Waals surface area contributed by atoms with E-state index in [1.54, 1.807) is 6.08 Å². The summed E-state index contributed by atoms with van der Waals surface area (Å²) in [5, 5.41) is 57.0. The second-order valence-corrected chi connectivity index (χ2v) is 23.9. The minimum absolute atomic E-state index is 0.131. The molecule has 1 rings (SSSR count). The van der Waals surface area contributed by atoms with Crippen molar-refractivity contribution in [2.45, 2.75) is 391 Å². The number of carbonyl (C=O) groups excluding carboxylic acids is 2. The van der Waals surface area contributed by atoms with Gasteiger partial charge in [0, 0.05) is 6.42 Å². The van der Waals surface area contributed by atoms with Crippen molar-refractivity contribution in [3.8, 4) is 0 Å². The first-order chi connectivity index (χ1) is 38.2. The molecule has 0 radical (unpaired) electrons. The average Bonchev–Trinajstić information content (AvgIpc) is 3.46. The van der Waals surface area contributed by atoms with Crippen LogP contribution in [0.4, 0.5) is 0 Å². The quantitative estimate of drug-likeness (QED) is 0.0195. The van der Waals surface area contributed by atoms with Crippen molar-refractivity contribution in [2.75, 3.05) is 13.2 Å². The number of hydrogen-bond acceptors (Lipinski definition) is 10. The number of carbonyl (C=O) groups is 2. The third kappa shape index (κ3) is 43.1. The maximum atomic E-state index is 13.4. The molecular weight excluding hydrogens is 979 g/mol. The largest absolute Gasteiger partial charge is 0.454 e. The predicted molar refractivity (Wildman–Crippen MR) is 325 cm³/mol. The lowest BCUT2D eigenvalue weighted by Gasteiger charge is -2.41. The van der Waals surface area contributed by atoms with Gasteiger partial charge in [0.1, 0.15) is 24.4 Å². The molecule has 78 heavy (non-hydrogen) atoms. The highest BCUT2D eigenvalue weighted by Gasteiger charge is 2.47. The van der Waals surface area contributed by atoms with Crippen LogP contribution in [0.5, 0.6) is 0 Å². The summed E-state index contributed by atoms with van der Waals surface area (Å²) in [6.45, 7) is 5.83. The van der Waals surface area contributed by atoms with Gasteiger partial charge in [-0.2, -0.15) is 0 Å². The number of amides is 1. The van der Waals surface area contributed by atoms with Gasteiger partial charge in [-0.3, -0.25) is 9.59 Å². The van der Waals surface area contributed by atoms with Crippen molar-refractivity contribution in [2.24, 2.45) is 0 Å². The Bertz CT molecular complexity index is 1320. The van der Waals surface area contributed by atoms with E-state index < -0.39 is 67.4 Å². The highest BCUT2D eigenvalue weighted by atomic mass is 16.7. The summed E-state index contributed by atoms with van der Waals surface area (Å²) in [4.78, 5) is 26.6.